The molecule has 0 aliphatic carbocycles. The molecule has 1 fully saturated rings. The number of fused-ring (bicyclic) bond motifs is 1. The zero-order chi connectivity index (χ0) is 19.8. The Morgan fingerprint density at radius 2 is 2.21 bits per heavy atom. The Bertz CT molecular complexity index is 1110. The number of carbonyl (C=O) groups excluding carboxylic acids is 1. The number of hydrogen-bond acceptors (Lipinski definition) is 6. The third-order valence-corrected chi connectivity index (χ3v) is 5.44. The van der Waals surface area contributed by atoms with Crippen LogP contribution in [0.5, 0.6) is 0 Å². The van der Waals surface area contributed by atoms with Gasteiger partial charge in [0.15, 0.2) is 0 Å². The normalized spacial score (nSPS) is 17.1. The quantitative estimate of drug-likeness (QED) is 0.562. The molecule has 4 rings (SSSR count). The van der Waals surface area contributed by atoms with Gasteiger partial charge in [0.25, 0.3) is 11.5 Å². The molecule has 3 aromatic heterocycles. The van der Waals surface area contributed by atoms with Crippen LogP contribution < -0.4 is 21.5 Å². The summed E-state index contributed by atoms with van der Waals surface area (Å²) in [4.78, 5) is 37.8. The Morgan fingerprint density at radius 1 is 1.39 bits per heavy atom. The highest BCUT2D eigenvalue weighted by Gasteiger charge is 2.24. The fourth-order valence-corrected chi connectivity index (χ4v) is 4.03. The van der Waals surface area contributed by atoms with Gasteiger partial charge in [0, 0.05) is 44.8 Å². The van der Waals surface area contributed by atoms with E-state index < -0.39 is 5.91 Å². The molecular formula is C18H20BrN7O2. The molecular weight excluding hydrogens is 426 g/mol. The number of amides is 1. The maximum atomic E-state index is 12.7. The van der Waals surface area contributed by atoms with Crippen LogP contribution in [0.15, 0.2) is 34.1 Å². The number of halogens is 1. The lowest BCUT2D eigenvalue weighted by atomic mass is 10.1. The van der Waals surface area contributed by atoms with Crippen LogP contribution in [0.2, 0.25) is 0 Å². The largest absolute Gasteiger partial charge is 0.368 e. The number of pyridine rings is 1. The van der Waals surface area contributed by atoms with Gasteiger partial charge >= 0.3 is 0 Å². The fourth-order valence-electron chi connectivity index (χ4n) is 3.48. The molecule has 4 N–H and O–H groups in total. The summed E-state index contributed by atoms with van der Waals surface area (Å²) in [6, 6.07) is 0.107. The van der Waals surface area contributed by atoms with Crippen LogP contribution in [0.4, 0.5) is 11.4 Å². The molecule has 1 aliphatic heterocycles. The lowest BCUT2D eigenvalue weighted by Crippen LogP contribution is -2.43. The summed E-state index contributed by atoms with van der Waals surface area (Å²) < 4.78 is 2.15. The highest BCUT2D eigenvalue weighted by Crippen LogP contribution is 2.38. The molecule has 0 spiro atoms. The van der Waals surface area contributed by atoms with Gasteiger partial charge in [-0.3, -0.25) is 9.59 Å². The van der Waals surface area contributed by atoms with E-state index in [1.165, 1.54) is 10.8 Å². The van der Waals surface area contributed by atoms with Crippen molar-refractivity contribution in [3.05, 3.63) is 45.3 Å². The van der Waals surface area contributed by atoms with Crippen molar-refractivity contribution in [3.63, 3.8) is 0 Å². The van der Waals surface area contributed by atoms with Crippen LogP contribution in [0, 0.1) is 0 Å². The molecule has 0 unspecified atom stereocenters. The Hall–Kier alpha value is -2.72. The van der Waals surface area contributed by atoms with E-state index in [1.807, 2.05) is 0 Å². The maximum absolute atomic E-state index is 12.7. The van der Waals surface area contributed by atoms with Crippen LogP contribution in [0.25, 0.3) is 11.0 Å². The van der Waals surface area contributed by atoms with Crippen molar-refractivity contribution < 1.29 is 4.79 Å². The van der Waals surface area contributed by atoms with Crippen molar-refractivity contribution in [2.75, 3.05) is 23.3 Å². The summed E-state index contributed by atoms with van der Waals surface area (Å²) in [5, 5.41) is 3.69. The minimum absolute atomic E-state index is 0.107. The van der Waals surface area contributed by atoms with E-state index >= 15 is 0 Å². The minimum Gasteiger partial charge on any atom is -0.368 e. The van der Waals surface area contributed by atoms with E-state index in [4.69, 9.17) is 5.73 Å². The third-order valence-electron chi connectivity index (χ3n) is 4.86. The second kappa shape index (κ2) is 7.36. The van der Waals surface area contributed by atoms with Gasteiger partial charge in [-0.05, 0) is 28.8 Å². The molecule has 1 saturated heterocycles. The van der Waals surface area contributed by atoms with Crippen molar-refractivity contribution in [3.8, 4) is 0 Å². The van der Waals surface area contributed by atoms with E-state index in [-0.39, 0.29) is 17.3 Å². The number of rotatable bonds is 3. The van der Waals surface area contributed by atoms with Gasteiger partial charge in [0.1, 0.15) is 11.3 Å². The molecule has 1 aliphatic rings. The lowest BCUT2D eigenvalue weighted by Gasteiger charge is -2.33. The summed E-state index contributed by atoms with van der Waals surface area (Å²) in [6.07, 6.45) is 7.99. The topological polar surface area (TPSA) is 122 Å². The van der Waals surface area contributed by atoms with Crippen molar-refractivity contribution in [1.29, 1.82) is 0 Å². The SMILES string of the molecule is Cn1cc(C(=O)Nc2c[nH]c3ncc(Br)c(N4CCC[C@@H](N)C4)c23)ncc1=O. The maximum Gasteiger partial charge on any atom is 0.275 e. The molecule has 1 atom stereocenters. The number of piperidine rings is 1. The monoisotopic (exact) mass is 445 g/mol. The molecule has 9 nitrogen and oxygen atoms in total. The van der Waals surface area contributed by atoms with Crippen molar-refractivity contribution >= 4 is 44.2 Å². The van der Waals surface area contributed by atoms with Crippen LogP contribution in [-0.4, -0.2) is 44.6 Å². The van der Waals surface area contributed by atoms with Crippen LogP contribution >= 0.6 is 15.9 Å². The summed E-state index contributed by atoms with van der Waals surface area (Å²) in [6.45, 7) is 1.62. The summed E-state index contributed by atoms with van der Waals surface area (Å²) in [5.74, 6) is -0.405. The Balaban J connectivity index is 1.73. The Labute approximate surface area is 169 Å². The summed E-state index contributed by atoms with van der Waals surface area (Å²) in [5.41, 5.74) is 8.26. The molecule has 28 heavy (non-hydrogen) atoms. The van der Waals surface area contributed by atoms with E-state index in [1.54, 1.807) is 19.4 Å². The number of nitrogens with zero attached hydrogens (tertiary/aromatic N) is 4. The van der Waals surface area contributed by atoms with E-state index in [0.717, 1.165) is 47.7 Å². The second-order valence-electron chi connectivity index (χ2n) is 6.90. The number of aromatic nitrogens is 4. The first kappa shape index (κ1) is 18.6. The number of aromatic amines is 1. The number of H-pyrrole nitrogens is 1. The molecule has 1 amide bonds. The highest BCUT2D eigenvalue weighted by molar-refractivity contribution is 9.10. The van der Waals surface area contributed by atoms with E-state index in [2.05, 4.69) is 41.1 Å². The zero-order valence-electron chi connectivity index (χ0n) is 15.3. The van der Waals surface area contributed by atoms with Crippen molar-refractivity contribution in [2.24, 2.45) is 12.8 Å². The molecule has 4 heterocycles. The Morgan fingerprint density at radius 3 is 2.96 bits per heavy atom. The third kappa shape index (κ3) is 3.40. The van der Waals surface area contributed by atoms with E-state index in [0.29, 0.717) is 11.3 Å². The van der Waals surface area contributed by atoms with Crippen molar-refractivity contribution in [2.45, 2.75) is 18.9 Å². The standard InChI is InChI=1S/C18H20BrN7O2/c1-25-9-13(21-7-14(25)27)18(28)24-12-6-23-17-15(12)16(11(19)5-22-17)26-4-2-3-10(20)8-26/h5-7,9-10H,2-4,8,20H2,1H3,(H,22,23)(H,24,28)/t10-/m1/s1. The first-order chi connectivity index (χ1) is 13.4. The summed E-state index contributed by atoms with van der Waals surface area (Å²) in [7, 11) is 1.57. The molecule has 0 bridgehead atoms. The molecule has 3 aromatic rings. The van der Waals surface area contributed by atoms with Gasteiger partial charge in [-0.25, -0.2) is 9.97 Å². The number of aryl methyl sites for hydroxylation is 1. The highest BCUT2D eigenvalue weighted by atomic mass is 79.9. The van der Waals surface area contributed by atoms with Gasteiger partial charge in [0.05, 0.1) is 27.4 Å². The van der Waals surface area contributed by atoms with E-state index in [9.17, 15) is 9.59 Å². The second-order valence-corrected chi connectivity index (χ2v) is 7.76. The van der Waals surface area contributed by atoms with Gasteiger partial charge in [-0.1, -0.05) is 0 Å². The first-order valence-electron chi connectivity index (χ1n) is 8.94. The number of nitrogens with one attached hydrogen (secondary N) is 2. The average Bonchev–Trinajstić information content (AvgIpc) is 3.06. The van der Waals surface area contributed by atoms with Gasteiger partial charge in [0.2, 0.25) is 0 Å². The Kier molecular flexibility index (Phi) is 4.90. The predicted octanol–water partition coefficient (Wildman–Crippen LogP) is 1.60. The number of carbonyl (C=O) groups is 1. The zero-order valence-corrected chi connectivity index (χ0v) is 16.9. The molecule has 0 radical (unpaired) electrons. The number of hydrogen-bond donors (Lipinski definition) is 3. The minimum atomic E-state index is -0.405. The lowest BCUT2D eigenvalue weighted by molar-refractivity contribution is 0.102. The molecule has 146 valence electrons. The van der Waals surface area contributed by atoms with Crippen LogP contribution in [-0.2, 0) is 7.05 Å². The van der Waals surface area contributed by atoms with Crippen molar-refractivity contribution in [1.82, 2.24) is 19.5 Å². The average molecular weight is 446 g/mol. The van der Waals surface area contributed by atoms with Crippen LogP contribution in [0.1, 0.15) is 23.3 Å². The molecule has 0 saturated carbocycles. The van der Waals surface area contributed by atoms with Gasteiger partial charge < -0.3 is 25.5 Å². The van der Waals surface area contributed by atoms with Gasteiger partial charge in [-0.15, -0.1) is 0 Å². The predicted molar refractivity (Wildman–Crippen MR) is 111 cm³/mol. The molecule has 10 heteroatoms. The number of nitrogens with two attached hydrogens (primary N) is 1. The fraction of sp³-hybridized carbons (Fsp3) is 0.333. The van der Waals surface area contributed by atoms with Gasteiger partial charge in [-0.2, -0.15) is 0 Å². The van der Waals surface area contributed by atoms with Crippen LogP contribution in [0.3, 0.4) is 0 Å². The summed E-state index contributed by atoms with van der Waals surface area (Å²) >= 11 is 3.60. The smallest absolute Gasteiger partial charge is 0.275 e. The molecule has 0 aromatic carbocycles. The first-order valence-corrected chi connectivity index (χ1v) is 9.73. The number of anilines is 2.